The van der Waals surface area contributed by atoms with Crippen LogP contribution in [0, 0.1) is 0 Å². The van der Waals surface area contributed by atoms with E-state index in [1.54, 1.807) is 0 Å². The Morgan fingerprint density at radius 1 is 1.33 bits per heavy atom. The highest BCUT2D eigenvalue weighted by atomic mass is 35.5. The Balaban J connectivity index is 0.00000208. The maximum Gasteiger partial charge on any atom is 0.251 e. The normalized spacial score (nSPS) is 20.1. The van der Waals surface area contributed by atoms with E-state index in [1.807, 2.05) is 23.1 Å². The molecule has 24 heavy (non-hydrogen) atoms. The first-order chi connectivity index (χ1) is 11.3. The number of likely N-dealkylation sites (tertiary alicyclic amines) is 1. The van der Waals surface area contributed by atoms with Crippen LogP contribution in [0.2, 0.25) is 0 Å². The van der Waals surface area contributed by atoms with Crippen molar-refractivity contribution in [1.82, 2.24) is 15.5 Å². The lowest BCUT2D eigenvalue weighted by Crippen LogP contribution is -2.31. The Kier molecular flexibility index (Phi) is 7.06. The molecule has 2 aliphatic rings. The minimum Gasteiger partial charge on any atom is -0.352 e. The van der Waals surface area contributed by atoms with Crippen molar-refractivity contribution < 1.29 is 9.59 Å². The van der Waals surface area contributed by atoms with Gasteiger partial charge in [0, 0.05) is 38.2 Å². The molecule has 1 aromatic rings. The first kappa shape index (κ1) is 18.7. The lowest BCUT2D eigenvalue weighted by Gasteiger charge is -2.16. The smallest absolute Gasteiger partial charge is 0.251 e. The molecular formula is C18H26ClN3O2. The molecule has 3 rings (SSSR count). The number of rotatable bonds is 6. The van der Waals surface area contributed by atoms with Gasteiger partial charge in [-0.15, -0.1) is 12.4 Å². The van der Waals surface area contributed by atoms with Crippen molar-refractivity contribution in [1.29, 1.82) is 0 Å². The molecule has 1 unspecified atom stereocenters. The van der Waals surface area contributed by atoms with E-state index in [1.165, 1.54) is 0 Å². The molecule has 0 radical (unpaired) electrons. The summed E-state index contributed by atoms with van der Waals surface area (Å²) >= 11 is 0. The van der Waals surface area contributed by atoms with E-state index in [0.29, 0.717) is 18.9 Å². The second kappa shape index (κ2) is 9.04. The molecule has 0 spiro atoms. The number of carbonyl (C=O) groups excluding carboxylic acids is 2. The van der Waals surface area contributed by atoms with Gasteiger partial charge in [-0.2, -0.15) is 0 Å². The van der Waals surface area contributed by atoms with Gasteiger partial charge in [0.2, 0.25) is 5.91 Å². The Bertz CT molecular complexity index is 573. The van der Waals surface area contributed by atoms with Gasteiger partial charge < -0.3 is 15.5 Å². The monoisotopic (exact) mass is 351 g/mol. The van der Waals surface area contributed by atoms with Crippen LogP contribution in [0.5, 0.6) is 0 Å². The third kappa shape index (κ3) is 4.48. The average molecular weight is 352 g/mol. The molecule has 1 aromatic carbocycles. The number of hydrogen-bond donors (Lipinski definition) is 2. The largest absolute Gasteiger partial charge is 0.352 e. The van der Waals surface area contributed by atoms with Crippen LogP contribution in [0.4, 0.5) is 0 Å². The van der Waals surface area contributed by atoms with Crippen molar-refractivity contribution in [2.24, 2.45) is 0 Å². The zero-order chi connectivity index (χ0) is 16.1. The number of nitrogens with one attached hydrogen (secondary N) is 2. The third-order valence-electron chi connectivity index (χ3n) is 4.77. The van der Waals surface area contributed by atoms with E-state index >= 15 is 0 Å². The summed E-state index contributed by atoms with van der Waals surface area (Å²) in [6, 6.07) is 7.90. The molecular weight excluding hydrogens is 326 g/mol. The molecule has 0 aromatic heterocycles. The topological polar surface area (TPSA) is 61.4 Å². The van der Waals surface area contributed by atoms with E-state index in [2.05, 4.69) is 16.7 Å². The zero-order valence-corrected chi connectivity index (χ0v) is 14.7. The molecule has 1 atom stereocenters. The van der Waals surface area contributed by atoms with E-state index in [4.69, 9.17) is 0 Å². The fourth-order valence-electron chi connectivity index (χ4n) is 3.49. The van der Waals surface area contributed by atoms with E-state index in [-0.39, 0.29) is 24.2 Å². The van der Waals surface area contributed by atoms with Gasteiger partial charge in [0.05, 0.1) is 0 Å². The van der Waals surface area contributed by atoms with Gasteiger partial charge in [0.15, 0.2) is 0 Å². The molecule has 0 aliphatic carbocycles. The second-order valence-corrected chi connectivity index (χ2v) is 6.37. The number of hydrogen-bond acceptors (Lipinski definition) is 3. The molecule has 6 heteroatoms. The summed E-state index contributed by atoms with van der Waals surface area (Å²) in [5.41, 5.74) is 1.93. The quantitative estimate of drug-likeness (QED) is 0.770. The van der Waals surface area contributed by atoms with E-state index in [0.717, 1.165) is 56.6 Å². The van der Waals surface area contributed by atoms with Crippen LogP contribution in [0.15, 0.2) is 24.3 Å². The van der Waals surface area contributed by atoms with Gasteiger partial charge in [0.25, 0.3) is 5.91 Å². The predicted molar refractivity (Wildman–Crippen MR) is 96.7 cm³/mol. The Labute approximate surface area is 149 Å². The molecule has 132 valence electrons. The number of halogens is 1. The van der Waals surface area contributed by atoms with Gasteiger partial charge in [-0.3, -0.25) is 9.59 Å². The molecule has 2 N–H and O–H groups in total. The van der Waals surface area contributed by atoms with Crippen LogP contribution in [0.3, 0.4) is 0 Å². The maximum absolute atomic E-state index is 12.5. The lowest BCUT2D eigenvalue weighted by atomic mass is 9.93. The number of amides is 2. The number of nitrogens with zero attached hydrogens (tertiary/aromatic N) is 1. The van der Waals surface area contributed by atoms with Crippen LogP contribution < -0.4 is 10.6 Å². The molecule has 0 bridgehead atoms. The van der Waals surface area contributed by atoms with Crippen molar-refractivity contribution in [3.63, 3.8) is 0 Å². The van der Waals surface area contributed by atoms with Gasteiger partial charge in [-0.05, 0) is 43.4 Å². The minimum atomic E-state index is 0. The first-order valence-electron chi connectivity index (χ1n) is 8.61. The highest BCUT2D eigenvalue weighted by Gasteiger charge is 2.22. The lowest BCUT2D eigenvalue weighted by molar-refractivity contribution is -0.127. The molecule has 2 fully saturated rings. The van der Waals surface area contributed by atoms with E-state index < -0.39 is 0 Å². The van der Waals surface area contributed by atoms with Crippen LogP contribution in [-0.4, -0.2) is 49.4 Å². The molecule has 0 saturated carbocycles. The average Bonchev–Trinajstić information content (AvgIpc) is 3.23. The third-order valence-corrected chi connectivity index (χ3v) is 4.77. The van der Waals surface area contributed by atoms with Crippen LogP contribution >= 0.6 is 12.4 Å². The Hall–Kier alpha value is -1.59. The molecule has 2 heterocycles. The molecule has 2 saturated heterocycles. The minimum absolute atomic E-state index is 0. The Morgan fingerprint density at radius 2 is 2.17 bits per heavy atom. The van der Waals surface area contributed by atoms with Crippen molar-refractivity contribution >= 4 is 24.2 Å². The number of carbonyl (C=O) groups is 2. The van der Waals surface area contributed by atoms with Gasteiger partial charge in [-0.1, -0.05) is 18.2 Å². The summed E-state index contributed by atoms with van der Waals surface area (Å²) in [5.74, 6) is 0.676. The molecule has 2 amide bonds. The first-order valence-corrected chi connectivity index (χ1v) is 8.61. The summed E-state index contributed by atoms with van der Waals surface area (Å²) in [4.78, 5) is 25.9. The highest BCUT2D eigenvalue weighted by molar-refractivity contribution is 5.95. The zero-order valence-electron chi connectivity index (χ0n) is 13.9. The van der Waals surface area contributed by atoms with E-state index in [9.17, 15) is 9.59 Å². The van der Waals surface area contributed by atoms with Crippen molar-refractivity contribution in [3.8, 4) is 0 Å². The van der Waals surface area contributed by atoms with Gasteiger partial charge in [0.1, 0.15) is 0 Å². The summed E-state index contributed by atoms with van der Waals surface area (Å²) in [6.45, 7) is 4.18. The van der Waals surface area contributed by atoms with Crippen LogP contribution in [-0.2, 0) is 4.79 Å². The second-order valence-electron chi connectivity index (χ2n) is 6.37. The summed E-state index contributed by atoms with van der Waals surface area (Å²) < 4.78 is 0. The predicted octanol–water partition coefficient (Wildman–Crippen LogP) is 1.93. The molecule has 5 nitrogen and oxygen atoms in total. The Morgan fingerprint density at radius 3 is 2.88 bits per heavy atom. The van der Waals surface area contributed by atoms with Gasteiger partial charge in [-0.25, -0.2) is 0 Å². The van der Waals surface area contributed by atoms with Crippen molar-refractivity contribution in [2.75, 3.05) is 32.7 Å². The standard InChI is InChI=1S/C18H25N3O2.ClH/c22-17-7-3-11-21(17)12-4-9-20-18(23)16-6-2-1-5-15(16)14-8-10-19-13-14;/h1-2,5-6,14,19H,3-4,7-13H2,(H,20,23);1H. The SMILES string of the molecule is Cl.O=C(NCCCN1CCCC1=O)c1ccccc1C1CCNC1. The fraction of sp³-hybridized carbons (Fsp3) is 0.556. The maximum atomic E-state index is 12.5. The van der Waals surface area contributed by atoms with Crippen LogP contribution in [0.1, 0.15) is 47.5 Å². The summed E-state index contributed by atoms with van der Waals surface area (Å²) in [7, 11) is 0. The van der Waals surface area contributed by atoms with Crippen molar-refractivity contribution in [2.45, 2.75) is 31.6 Å². The molecule has 2 aliphatic heterocycles. The van der Waals surface area contributed by atoms with Crippen molar-refractivity contribution in [3.05, 3.63) is 35.4 Å². The fourth-order valence-corrected chi connectivity index (χ4v) is 3.49. The number of benzene rings is 1. The van der Waals surface area contributed by atoms with Crippen LogP contribution in [0.25, 0.3) is 0 Å². The van der Waals surface area contributed by atoms with Gasteiger partial charge >= 0.3 is 0 Å². The highest BCUT2D eigenvalue weighted by Crippen LogP contribution is 2.25. The summed E-state index contributed by atoms with van der Waals surface area (Å²) in [6.07, 6.45) is 3.54. The summed E-state index contributed by atoms with van der Waals surface area (Å²) in [5, 5.41) is 6.36.